The molecule has 2 rings (SSSR count). The second kappa shape index (κ2) is 3.30. The number of nitrogens with zero attached hydrogens (tertiary/aromatic N) is 3. The summed E-state index contributed by atoms with van der Waals surface area (Å²) in [5, 5.41) is 8.61. The highest BCUT2D eigenvalue weighted by Gasteiger charge is 2.06. The molecule has 0 fully saturated rings. The van der Waals surface area contributed by atoms with Gasteiger partial charge in [-0.15, -0.1) is 10.2 Å². The molecule has 2 heterocycles. The van der Waals surface area contributed by atoms with Crippen LogP contribution in [0.25, 0.3) is 5.65 Å². The molecule has 0 aliphatic heterocycles. The van der Waals surface area contributed by atoms with Gasteiger partial charge in [0.25, 0.3) is 0 Å². The number of rotatable bonds is 2. The lowest BCUT2D eigenvalue weighted by Crippen LogP contribution is -2.11. The number of carbonyl (C=O) groups is 1. The van der Waals surface area contributed by atoms with Crippen molar-refractivity contribution in [3.05, 3.63) is 23.9 Å². The van der Waals surface area contributed by atoms with Gasteiger partial charge in [0.05, 0.1) is 5.56 Å². The van der Waals surface area contributed by atoms with Crippen molar-refractivity contribution in [1.82, 2.24) is 14.6 Å². The van der Waals surface area contributed by atoms with Gasteiger partial charge in [0.2, 0.25) is 5.91 Å². The van der Waals surface area contributed by atoms with Crippen LogP contribution in [-0.4, -0.2) is 26.8 Å². The Hall–Kier alpha value is -1.56. The molecule has 5 nitrogen and oxygen atoms in total. The van der Waals surface area contributed by atoms with E-state index in [0.29, 0.717) is 11.2 Å². The Morgan fingerprint density at radius 2 is 2.29 bits per heavy atom. The topological polar surface area (TPSA) is 73.3 Å². The molecule has 0 atom stereocenters. The first-order valence-electron chi connectivity index (χ1n) is 3.91. The normalized spacial score (nSPS) is 10.6. The van der Waals surface area contributed by atoms with E-state index in [1.165, 1.54) is 11.8 Å². The maximum absolute atomic E-state index is 10.9. The van der Waals surface area contributed by atoms with E-state index in [2.05, 4.69) is 10.2 Å². The molecule has 0 spiro atoms. The minimum Gasteiger partial charge on any atom is -0.366 e. The molecule has 1 amide bonds. The van der Waals surface area contributed by atoms with Crippen LogP contribution in [0.4, 0.5) is 0 Å². The molecule has 0 bridgehead atoms. The number of thioether (sulfide) groups is 1. The van der Waals surface area contributed by atoms with Gasteiger partial charge in [0, 0.05) is 6.20 Å². The van der Waals surface area contributed by atoms with Crippen molar-refractivity contribution in [1.29, 1.82) is 0 Å². The fourth-order valence-corrected chi connectivity index (χ4v) is 1.62. The van der Waals surface area contributed by atoms with E-state index < -0.39 is 5.91 Å². The Bertz CT molecular complexity index is 493. The minimum absolute atomic E-state index is 0.451. The third-order valence-corrected chi connectivity index (χ3v) is 2.48. The summed E-state index contributed by atoms with van der Waals surface area (Å²) < 4.78 is 1.74. The summed E-state index contributed by atoms with van der Waals surface area (Å²) in [4.78, 5) is 10.9. The molecule has 0 aliphatic carbocycles. The average Bonchev–Trinajstić information content (AvgIpc) is 2.59. The van der Waals surface area contributed by atoms with Crippen LogP contribution in [0.1, 0.15) is 10.4 Å². The van der Waals surface area contributed by atoms with E-state index in [-0.39, 0.29) is 0 Å². The molecule has 2 aromatic heterocycles. The van der Waals surface area contributed by atoms with Crippen molar-refractivity contribution in [3.63, 3.8) is 0 Å². The summed E-state index contributed by atoms with van der Waals surface area (Å²) in [7, 11) is 0. The Morgan fingerprint density at radius 3 is 2.93 bits per heavy atom. The van der Waals surface area contributed by atoms with E-state index in [9.17, 15) is 4.79 Å². The van der Waals surface area contributed by atoms with Crippen molar-refractivity contribution < 1.29 is 4.79 Å². The molecule has 0 radical (unpaired) electrons. The van der Waals surface area contributed by atoms with Crippen LogP contribution in [0.3, 0.4) is 0 Å². The fourth-order valence-electron chi connectivity index (χ4n) is 1.15. The number of hydrogen-bond donors (Lipinski definition) is 1. The highest BCUT2D eigenvalue weighted by atomic mass is 32.2. The number of pyridine rings is 1. The molecule has 2 aromatic rings. The summed E-state index contributed by atoms with van der Waals surface area (Å²) in [5.74, 6) is -0.451. The highest BCUT2D eigenvalue weighted by Crippen LogP contribution is 2.14. The van der Waals surface area contributed by atoms with Gasteiger partial charge in [-0.1, -0.05) is 11.8 Å². The molecule has 6 heteroatoms. The van der Waals surface area contributed by atoms with Gasteiger partial charge < -0.3 is 5.73 Å². The zero-order valence-corrected chi connectivity index (χ0v) is 8.28. The van der Waals surface area contributed by atoms with Gasteiger partial charge in [-0.05, 0) is 18.4 Å². The Balaban J connectivity index is 2.67. The summed E-state index contributed by atoms with van der Waals surface area (Å²) in [6, 6.07) is 3.35. The van der Waals surface area contributed by atoms with Gasteiger partial charge in [-0.2, -0.15) is 0 Å². The van der Waals surface area contributed by atoms with Crippen LogP contribution in [0.2, 0.25) is 0 Å². The van der Waals surface area contributed by atoms with Crippen molar-refractivity contribution in [2.45, 2.75) is 5.16 Å². The van der Waals surface area contributed by atoms with Gasteiger partial charge in [0.15, 0.2) is 10.8 Å². The monoisotopic (exact) mass is 208 g/mol. The largest absolute Gasteiger partial charge is 0.366 e. The van der Waals surface area contributed by atoms with Crippen LogP contribution in [-0.2, 0) is 0 Å². The number of fused-ring (bicyclic) bond motifs is 1. The third kappa shape index (κ3) is 1.33. The van der Waals surface area contributed by atoms with Crippen LogP contribution < -0.4 is 5.73 Å². The maximum Gasteiger partial charge on any atom is 0.250 e. The lowest BCUT2D eigenvalue weighted by atomic mass is 10.3. The van der Waals surface area contributed by atoms with Gasteiger partial charge in [-0.3, -0.25) is 9.20 Å². The summed E-state index contributed by atoms with van der Waals surface area (Å²) in [5.41, 5.74) is 6.32. The average molecular weight is 208 g/mol. The molecule has 0 unspecified atom stereocenters. The van der Waals surface area contributed by atoms with Crippen LogP contribution in [0.5, 0.6) is 0 Å². The second-order valence-corrected chi connectivity index (χ2v) is 3.47. The summed E-state index contributed by atoms with van der Waals surface area (Å²) >= 11 is 1.46. The van der Waals surface area contributed by atoms with Crippen molar-refractivity contribution in [2.24, 2.45) is 5.73 Å². The van der Waals surface area contributed by atoms with Gasteiger partial charge in [0.1, 0.15) is 0 Å². The van der Waals surface area contributed by atoms with Crippen molar-refractivity contribution >= 4 is 23.3 Å². The zero-order chi connectivity index (χ0) is 10.1. The van der Waals surface area contributed by atoms with E-state index >= 15 is 0 Å². The third-order valence-electron chi connectivity index (χ3n) is 1.84. The first kappa shape index (κ1) is 9.01. The summed E-state index contributed by atoms with van der Waals surface area (Å²) in [6.45, 7) is 0. The Kier molecular flexibility index (Phi) is 2.12. The zero-order valence-electron chi connectivity index (χ0n) is 7.47. The van der Waals surface area contributed by atoms with E-state index in [0.717, 1.165) is 5.16 Å². The van der Waals surface area contributed by atoms with E-state index in [4.69, 9.17) is 5.73 Å². The lowest BCUT2D eigenvalue weighted by molar-refractivity contribution is 0.1000. The predicted octanol–water partition coefficient (Wildman–Crippen LogP) is 0.550. The molecule has 0 saturated heterocycles. The van der Waals surface area contributed by atoms with E-state index in [1.54, 1.807) is 22.7 Å². The Morgan fingerprint density at radius 1 is 1.50 bits per heavy atom. The quantitative estimate of drug-likeness (QED) is 0.731. The Labute approximate surface area is 84.3 Å². The van der Waals surface area contributed by atoms with Gasteiger partial charge in [-0.25, -0.2) is 0 Å². The number of nitrogens with two attached hydrogens (primary N) is 1. The molecule has 2 N–H and O–H groups in total. The number of aromatic nitrogens is 3. The number of amides is 1. The second-order valence-electron chi connectivity index (χ2n) is 2.70. The number of carbonyl (C=O) groups excluding carboxylic acids is 1. The van der Waals surface area contributed by atoms with E-state index in [1.807, 2.05) is 6.26 Å². The maximum atomic E-state index is 10.9. The van der Waals surface area contributed by atoms with Crippen LogP contribution in [0, 0.1) is 0 Å². The first-order valence-corrected chi connectivity index (χ1v) is 5.13. The van der Waals surface area contributed by atoms with Crippen molar-refractivity contribution in [2.75, 3.05) is 6.26 Å². The molecule has 14 heavy (non-hydrogen) atoms. The minimum atomic E-state index is -0.451. The lowest BCUT2D eigenvalue weighted by Gasteiger charge is -1.98. The molecule has 0 aliphatic rings. The fraction of sp³-hybridized carbons (Fsp3) is 0.125. The molecular weight excluding hydrogens is 200 g/mol. The highest BCUT2D eigenvalue weighted by molar-refractivity contribution is 7.98. The predicted molar refractivity (Wildman–Crippen MR) is 53.3 cm³/mol. The van der Waals surface area contributed by atoms with Crippen LogP contribution in [0.15, 0.2) is 23.5 Å². The molecule has 0 aromatic carbocycles. The number of primary amides is 1. The summed E-state index contributed by atoms with van der Waals surface area (Å²) in [6.07, 6.45) is 3.54. The van der Waals surface area contributed by atoms with Crippen molar-refractivity contribution in [3.8, 4) is 0 Å². The number of hydrogen-bond acceptors (Lipinski definition) is 4. The standard InChI is InChI=1S/C8H8N4OS/c1-14-8-11-10-6-3-2-5(7(9)13)4-12(6)8/h2-4H,1H3,(H2,9,13). The smallest absolute Gasteiger partial charge is 0.250 e. The molecular formula is C8H8N4OS. The first-order chi connectivity index (χ1) is 6.72. The SMILES string of the molecule is CSc1nnc2ccc(C(N)=O)cn12. The molecule has 72 valence electrons. The molecule has 0 saturated carbocycles. The van der Waals surface area contributed by atoms with Gasteiger partial charge >= 0.3 is 0 Å². The van der Waals surface area contributed by atoms with Crippen LogP contribution >= 0.6 is 11.8 Å².